The summed E-state index contributed by atoms with van der Waals surface area (Å²) in [5, 5.41) is 0. The van der Waals surface area contributed by atoms with Gasteiger partial charge in [0.25, 0.3) is 0 Å². The molecule has 0 aromatic heterocycles. The molecule has 1 aliphatic heterocycles. The first-order valence-electron chi connectivity index (χ1n) is 5.97. The molecular weight excluding hydrogens is 291 g/mol. The molecular formula is C13H14F3NO2S. The van der Waals surface area contributed by atoms with Crippen LogP contribution in [0.1, 0.15) is 13.8 Å². The van der Waals surface area contributed by atoms with E-state index >= 15 is 0 Å². The van der Waals surface area contributed by atoms with E-state index in [9.17, 15) is 18.0 Å². The fraction of sp³-hybridized carbons (Fsp3) is 0.462. The molecule has 1 aromatic rings. The average molecular weight is 305 g/mol. The summed E-state index contributed by atoms with van der Waals surface area (Å²) < 4.78 is 42.3. The van der Waals surface area contributed by atoms with Crippen LogP contribution in [0.15, 0.2) is 24.3 Å². The largest absolute Gasteiger partial charge is 0.484 e. The zero-order valence-corrected chi connectivity index (χ0v) is 11.8. The van der Waals surface area contributed by atoms with Gasteiger partial charge in [0.05, 0.1) is 18.0 Å². The number of para-hydroxylation sites is 2. The molecule has 0 aliphatic carbocycles. The Morgan fingerprint density at radius 2 is 2.05 bits per heavy atom. The SMILES string of the molecule is CC1(C)CN(C(=O)CSC(F)(F)F)c2ccccc2O1. The molecule has 0 bridgehead atoms. The molecule has 1 aliphatic rings. The van der Waals surface area contributed by atoms with Crippen LogP contribution in [-0.4, -0.2) is 29.3 Å². The predicted octanol–water partition coefficient (Wildman–Crippen LogP) is 3.44. The summed E-state index contributed by atoms with van der Waals surface area (Å²) in [6.07, 6.45) is 0. The highest BCUT2D eigenvalue weighted by molar-refractivity contribution is 8.00. The molecule has 110 valence electrons. The quantitative estimate of drug-likeness (QED) is 0.838. The normalized spacial score (nSPS) is 17.4. The van der Waals surface area contributed by atoms with E-state index in [4.69, 9.17) is 4.74 Å². The van der Waals surface area contributed by atoms with Crippen LogP contribution >= 0.6 is 11.8 Å². The number of amides is 1. The maximum Gasteiger partial charge on any atom is 0.442 e. The average Bonchev–Trinajstić information content (AvgIpc) is 2.33. The third-order valence-corrected chi connectivity index (χ3v) is 3.46. The Bertz CT molecular complexity index is 517. The van der Waals surface area contributed by atoms with Gasteiger partial charge in [-0.15, -0.1) is 0 Å². The van der Waals surface area contributed by atoms with Crippen LogP contribution in [0.2, 0.25) is 0 Å². The molecule has 0 N–H and O–H groups in total. The zero-order chi connectivity index (χ0) is 15.0. The van der Waals surface area contributed by atoms with E-state index in [1.807, 2.05) is 0 Å². The lowest BCUT2D eigenvalue weighted by Gasteiger charge is -2.39. The number of benzene rings is 1. The first-order chi connectivity index (χ1) is 9.18. The number of anilines is 1. The van der Waals surface area contributed by atoms with Crippen molar-refractivity contribution in [3.8, 4) is 5.75 Å². The summed E-state index contributed by atoms with van der Waals surface area (Å²) >= 11 is -0.322. The Hall–Kier alpha value is -1.37. The van der Waals surface area contributed by atoms with Crippen molar-refractivity contribution in [2.45, 2.75) is 25.0 Å². The number of hydrogen-bond donors (Lipinski definition) is 0. The maximum absolute atomic E-state index is 12.2. The number of carbonyl (C=O) groups is 1. The third-order valence-electron chi connectivity index (χ3n) is 2.74. The van der Waals surface area contributed by atoms with Gasteiger partial charge in [0.15, 0.2) is 0 Å². The van der Waals surface area contributed by atoms with Crippen LogP contribution in [0.5, 0.6) is 5.75 Å². The fourth-order valence-electron chi connectivity index (χ4n) is 2.01. The van der Waals surface area contributed by atoms with Crippen LogP contribution in [0.3, 0.4) is 0 Å². The number of alkyl halides is 3. The van der Waals surface area contributed by atoms with Crippen molar-refractivity contribution >= 4 is 23.4 Å². The molecule has 1 amide bonds. The van der Waals surface area contributed by atoms with Gasteiger partial charge in [0.1, 0.15) is 11.4 Å². The molecule has 7 heteroatoms. The van der Waals surface area contributed by atoms with Gasteiger partial charge in [-0.25, -0.2) is 0 Å². The van der Waals surface area contributed by atoms with Crippen molar-refractivity contribution in [3.63, 3.8) is 0 Å². The molecule has 0 fully saturated rings. The van der Waals surface area contributed by atoms with Crippen molar-refractivity contribution in [2.75, 3.05) is 17.2 Å². The number of hydrogen-bond acceptors (Lipinski definition) is 3. The Labute approximate surface area is 119 Å². The molecule has 20 heavy (non-hydrogen) atoms. The van der Waals surface area contributed by atoms with Crippen molar-refractivity contribution < 1.29 is 22.7 Å². The van der Waals surface area contributed by atoms with E-state index in [0.717, 1.165) is 0 Å². The van der Waals surface area contributed by atoms with Gasteiger partial charge in [-0.05, 0) is 37.7 Å². The van der Waals surface area contributed by atoms with E-state index in [1.54, 1.807) is 38.1 Å². The summed E-state index contributed by atoms with van der Waals surface area (Å²) in [6, 6.07) is 6.85. The van der Waals surface area contributed by atoms with Crippen LogP contribution in [-0.2, 0) is 4.79 Å². The van der Waals surface area contributed by atoms with Crippen molar-refractivity contribution in [1.82, 2.24) is 0 Å². The molecule has 0 atom stereocenters. The van der Waals surface area contributed by atoms with E-state index in [1.165, 1.54) is 4.90 Å². The molecule has 0 saturated carbocycles. The summed E-state index contributed by atoms with van der Waals surface area (Å²) in [5.74, 6) is -0.696. The molecule has 1 heterocycles. The standard InChI is InChI=1S/C13H14F3NO2S/c1-12(2)8-17(11(18)7-20-13(14,15)16)9-5-3-4-6-10(9)19-12/h3-6H,7-8H2,1-2H3. The van der Waals surface area contributed by atoms with Crippen LogP contribution in [0.4, 0.5) is 18.9 Å². The summed E-state index contributed by atoms with van der Waals surface area (Å²) in [5.41, 5.74) is -4.52. The van der Waals surface area contributed by atoms with E-state index in [2.05, 4.69) is 0 Å². The minimum atomic E-state index is -4.41. The highest BCUT2D eigenvalue weighted by atomic mass is 32.2. The van der Waals surface area contributed by atoms with Crippen LogP contribution in [0, 0.1) is 0 Å². The van der Waals surface area contributed by atoms with Gasteiger partial charge in [-0.3, -0.25) is 4.79 Å². The monoisotopic (exact) mass is 305 g/mol. The van der Waals surface area contributed by atoms with Crippen molar-refractivity contribution in [2.24, 2.45) is 0 Å². The number of fused-ring (bicyclic) bond motifs is 1. The Balaban J connectivity index is 2.20. The van der Waals surface area contributed by atoms with Gasteiger partial charge in [-0.2, -0.15) is 13.2 Å². The minimum Gasteiger partial charge on any atom is -0.484 e. The zero-order valence-electron chi connectivity index (χ0n) is 11.0. The molecule has 0 spiro atoms. The number of halogens is 3. The second-order valence-electron chi connectivity index (χ2n) is 5.04. The van der Waals surface area contributed by atoms with Gasteiger partial charge in [0.2, 0.25) is 5.91 Å². The Kier molecular flexibility index (Phi) is 3.90. The van der Waals surface area contributed by atoms with E-state index in [0.29, 0.717) is 11.4 Å². The summed E-state index contributed by atoms with van der Waals surface area (Å²) in [7, 11) is 0. The van der Waals surface area contributed by atoms with Crippen molar-refractivity contribution in [3.05, 3.63) is 24.3 Å². The molecule has 0 radical (unpaired) electrons. The smallest absolute Gasteiger partial charge is 0.442 e. The van der Waals surface area contributed by atoms with Gasteiger partial charge in [-0.1, -0.05) is 12.1 Å². The fourth-order valence-corrected chi connectivity index (χ4v) is 2.45. The highest BCUT2D eigenvalue weighted by Crippen LogP contribution is 2.38. The first kappa shape index (κ1) is 15.0. The molecule has 2 rings (SSSR count). The Morgan fingerprint density at radius 1 is 1.40 bits per heavy atom. The second-order valence-corrected chi connectivity index (χ2v) is 6.08. The Morgan fingerprint density at radius 3 is 2.70 bits per heavy atom. The molecule has 1 aromatic carbocycles. The first-order valence-corrected chi connectivity index (χ1v) is 6.96. The lowest BCUT2D eigenvalue weighted by molar-refractivity contribution is -0.117. The molecule has 0 unspecified atom stereocenters. The highest BCUT2D eigenvalue weighted by Gasteiger charge is 2.36. The summed E-state index contributed by atoms with van der Waals surface area (Å²) in [6.45, 7) is 3.81. The minimum absolute atomic E-state index is 0.223. The number of rotatable bonds is 2. The van der Waals surface area contributed by atoms with E-state index < -0.39 is 22.8 Å². The van der Waals surface area contributed by atoms with Gasteiger partial charge in [0, 0.05) is 0 Å². The van der Waals surface area contributed by atoms with Crippen molar-refractivity contribution in [1.29, 1.82) is 0 Å². The molecule has 3 nitrogen and oxygen atoms in total. The van der Waals surface area contributed by atoms with E-state index in [-0.39, 0.29) is 18.3 Å². The lowest BCUT2D eigenvalue weighted by Crippen LogP contribution is -2.50. The lowest BCUT2D eigenvalue weighted by atomic mass is 10.1. The number of nitrogens with zero attached hydrogens (tertiary/aromatic N) is 1. The number of carbonyl (C=O) groups excluding carboxylic acids is 1. The number of thioether (sulfide) groups is 1. The third kappa shape index (κ3) is 3.59. The maximum atomic E-state index is 12.2. The van der Waals surface area contributed by atoms with Gasteiger partial charge < -0.3 is 9.64 Å². The van der Waals surface area contributed by atoms with Crippen LogP contribution in [0.25, 0.3) is 0 Å². The topological polar surface area (TPSA) is 29.5 Å². The summed E-state index contributed by atoms with van der Waals surface area (Å²) in [4.78, 5) is 13.4. The molecule has 0 saturated heterocycles. The second kappa shape index (κ2) is 5.20. The predicted molar refractivity (Wildman–Crippen MR) is 72.0 cm³/mol. The number of ether oxygens (including phenoxy) is 1. The van der Waals surface area contributed by atoms with Gasteiger partial charge >= 0.3 is 5.51 Å². The van der Waals surface area contributed by atoms with Crippen LogP contribution < -0.4 is 9.64 Å².